The van der Waals surface area contributed by atoms with E-state index in [2.05, 4.69) is 27.4 Å². The van der Waals surface area contributed by atoms with Gasteiger partial charge in [-0.3, -0.25) is 4.79 Å². The maximum atomic E-state index is 12.0. The molecule has 7 nitrogen and oxygen atoms in total. The second-order valence-electron chi connectivity index (χ2n) is 6.53. The second-order valence-corrected chi connectivity index (χ2v) is 7.47. The molecule has 3 rings (SSSR count). The zero-order valence-corrected chi connectivity index (χ0v) is 15.3. The molecule has 8 heteroatoms. The zero-order chi connectivity index (χ0) is 18.5. The van der Waals surface area contributed by atoms with Crippen molar-refractivity contribution >= 4 is 29.0 Å². The van der Waals surface area contributed by atoms with Gasteiger partial charge in [0.25, 0.3) is 0 Å². The molecule has 140 valence electrons. The lowest BCUT2D eigenvalue weighted by atomic mass is 10.2. The summed E-state index contributed by atoms with van der Waals surface area (Å²) in [4.78, 5) is 27.4. The van der Waals surface area contributed by atoms with E-state index in [0.717, 1.165) is 18.0 Å². The van der Waals surface area contributed by atoms with Gasteiger partial charge in [-0.1, -0.05) is 11.8 Å². The van der Waals surface area contributed by atoms with Gasteiger partial charge in [0.05, 0.1) is 12.6 Å². The quantitative estimate of drug-likeness (QED) is 0.679. The van der Waals surface area contributed by atoms with Crippen molar-refractivity contribution in [2.45, 2.75) is 37.8 Å². The van der Waals surface area contributed by atoms with Crippen LogP contribution in [0.25, 0.3) is 0 Å². The smallest absolute Gasteiger partial charge is 0.405 e. The molecule has 0 spiro atoms. The highest BCUT2D eigenvalue weighted by atomic mass is 32.1. The minimum Gasteiger partial charge on any atom is -0.465 e. The van der Waals surface area contributed by atoms with E-state index < -0.39 is 18.2 Å². The number of carbonyl (C=O) groups excluding carboxylic acids is 1. The summed E-state index contributed by atoms with van der Waals surface area (Å²) in [5.41, 5.74) is 1.18. The SMILES string of the molecule is O=C(O)NC1CCN(CC#CCC(O)c2cc(N3CCCC3)cs2)C1=O. The Morgan fingerprint density at radius 3 is 2.85 bits per heavy atom. The fraction of sp³-hybridized carbons (Fsp3) is 0.556. The predicted molar refractivity (Wildman–Crippen MR) is 99.3 cm³/mol. The first-order valence-corrected chi connectivity index (χ1v) is 9.68. The summed E-state index contributed by atoms with van der Waals surface area (Å²) in [6.45, 7) is 2.90. The molecule has 26 heavy (non-hydrogen) atoms. The number of hydrogen-bond acceptors (Lipinski definition) is 5. The van der Waals surface area contributed by atoms with Crippen LogP contribution in [0.15, 0.2) is 11.4 Å². The van der Waals surface area contributed by atoms with Crippen LogP contribution in [-0.4, -0.2) is 59.3 Å². The van der Waals surface area contributed by atoms with E-state index in [1.807, 2.05) is 6.07 Å². The Labute approximate surface area is 156 Å². The number of hydrogen-bond donors (Lipinski definition) is 3. The van der Waals surface area contributed by atoms with Gasteiger partial charge >= 0.3 is 6.09 Å². The first-order valence-electron chi connectivity index (χ1n) is 8.80. The van der Waals surface area contributed by atoms with Gasteiger partial charge in [-0.2, -0.15) is 0 Å². The van der Waals surface area contributed by atoms with E-state index in [4.69, 9.17) is 5.11 Å². The van der Waals surface area contributed by atoms with Crippen molar-refractivity contribution in [2.75, 3.05) is 31.1 Å². The molecule has 0 radical (unpaired) electrons. The summed E-state index contributed by atoms with van der Waals surface area (Å²) in [6.07, 6.45) is 1.40. The highest BCUT2D eigenvalue weighted by Gasteiger charge is 2.32. The van der Waals surface area contributed by atoms with Crippen molar-refractivity contribution in [1.29, 1.82) is 0 Å². The zero-order valence-electron chi connectivity index (χ0n) is 14.5. The Balaban J connectivity index is 1.46. The summed E-state index contributed by atoms with van der Waals surface area (Å²) in [7, 11) is 0. The molecule has 2 atom stereocenters. The Morgan fingerprint density at radius 2 is 2.12 bits per heavy atom. The number of amides is 2. The van der Waals surface area contributed by atoms with Crippen LogP contribution in [0.1, 0.15) is 36.7 Å². The summed E-state index contributed by atoms with van der Waals surface area (Å²) < 4.78 is 0. The lowest BCUT2D eigenvalue weighted by molar-refractivity contribution is -0.128. The Hall–Kier alpha value is -2.24. The van der Waals surface area contributed by atoms with Crippen LogP contribution in [-0.2, 0) is 4.79 Å². The number of nitrogens with zero attached hydrogens (tertiary/aromatic N) is 2. The second kappa shape index (κ2) is 8.43. The topological polar surface area (TPSA) is 93.1 Å². The molecule has 2 aliphatic rings. The molecular weight excluding hydrogens is 354 g/mol. The van der Waals surface area contributed by atoms with Gasteiger partial charge < -0.3 is 25.3 Å². The van der Waals surface area contributed by atoms with E-state index in [1.165, 1.54) is 23.4 Å². The Morgan fingerprint density at radius 1 is 1.35 bits per heavy atom. The van der Waals surface area contributed by atoms with Crippen LogP contribution in [0.5, 0.6) is 0 Å². The lowest BCUT2D eigenvalue weighted by Gasteiger charge is -2.14. The molecule has 2 unspecified atom stereocenters. The fourth-order valence-electron chi connectivity index (χ4n) is 3.26. The number of carbonyl (C=O) groups is 2. The highest BCUT2D eigenvalue weighted by Crippen LogP contribution is 2.31. The van der Waals surface area contributed by atoms with Gasteiger partial charge in [0.1, 0.15) is 6.04 Å². The van der Waals surface area contributed by atoms with Crippen molar-refractivity contribution in [2.24, 2.45) is 0 Å². The number of rotatable bonds is 5. The fourth-order valence-corrected chi connectivity index (χ4v) is 4.16. The Bertz CT molecular complexity index is 718. The summed E-state index contributed by atoms with van der Waals surface area (Å²) in [6, 6.07) is 1.36. The number of aliphatic hydroxyl groups excluding tert-OH is 1. The molecule has 2 saturated heterocycles. The normalized spacial score (nSPS) is 20.8. The minimum atomic E-state index is -1.19. The van der Waals surface area contributed by atoms with Gasteiger partial charge in [0, 0.05) is 42.0 Å². The first kappa shape index (κ1) is 18.5. The molecule has 2 fully saturated rings. The third kappa shape index (κ3) is 4.48. The van der Waals surface area contributed by atoms with Crippen LogP contribution < -0.4 is 10.2 Å². The van der Waals surface area contributed by atoms with Crippen molar-refractivity contribution in [3.63, 3.8) is 0 Å². The molecule has 3 N–H and O–H groups in total. The van der Waals surface area contributed by atoms with E-state index in [-0.39, 0.29) is 12.5 Å². The van der Waals surface area contributed by atoms with E-state index in [0.29, 0.717) is 19.4 Å². The largest absolute Gasteiger partial charge is 0.465 e. The lowest BCUT2D eigenvalue weighted by Crippen LogP contribution is -2.40. The van der Waals surface area contributed by atoms with Gasteiger partial charge in [0.15, 0.2) is 0 Å². The van der Waals surface area contributed by atoms with E-state index in [1.54, 1.807) is 11.3 Å². The monoisotopic (exact) mass is 377 g/mol. The summed E-state index contributed by atoms with van der Waals surface area (Å²) >= 11 is 1.55. The molecule has 2 aliphatic heterocycles. The average Bonchev–Trinajstić information content (AvgIpc) is 3.33. The molecule has 3 heterocycles. The number of nitrogens with one attached hydrogen (secondary N) is 1. The average molecular weight is 377 g/mol. The molecule has 1 aromatic heterocycles. The number of likely N-dealkylation sites (tertiary alicyclic amines) is 1. The molecule has 1 aromatic rings. The van der Waals surface area contributed by atoms with Crippen LogP contribution >= 0.6 is 11.3 Å². The standard InChI is InChI=1S/C18H23N3O4S/c22-15(16-11-13(12-26-16)20-7-3-4-8-20)5-1-2-9-21-10-6-14(17(21)23)19-18(24)25/h11-12,14-15,19,22H,3-10H2,(H,24,25). The van der Waals surface area contributed by atoms with Crippen LogP contribution in [0.2, 0.25) is 0 Å². The molecule has 0 bridgehead atoms. The van der Waals surface area contributed by atoms with E-state index in [9.17, 15) is 14.7 Å². The number of thiophene rings is 1. The number of anilines is 1. The van der Waals surface area contributed by atoms with Crippen molar-refractivity contribution in [3.8, 4) is 11.8 Å². The first-order chi connectivity index (χ1) is 12.5. The van der Waals surface area contributed by atoms with E-state index >= 15 is 0 Å². The van der Waals surface area contributed by atoms with Gasteiger partial charge in [-0.15, -0.1) is 11.3 Å². The third-order valence-corrected chi connectivity index (χ3v) is 5.71. The predicted octanol–water partition coefficient (Wildman–Crippen LogP) is 1.64. The molecule has 2 amide bonds. The number of aliphatic hydroxyl groups is 1. The number of carboxylic acid groups (broad SMARTS) is 1. The third-order valence-electron chi connectivity index (χ3n) is 4.69. The highest BCUT2D eigenvalue weighted by molar-refractivity contribution is 7.10. The maximum Gasteiger partial charge on any atom is 0.405 e. The molecular formula is C18H23N3O4S. The van der Waals surface area contributed by atoms with Crippen LogP contribution in [0.3, 0.4) is 0 Å². The van der Waals surface area contributed by atoms with Gasteiger partial charge in [-0.05, 0) is 25.3 Å². The molecule has 0 aromatic carbocycles. The minimum absolute atomic E-state index is 0.240. The van der Waals surface area contributed by atoms with Gasteiger partial charge in [-0.25, -0.2) is 4.79 Å². The molecule has 0 aliphatic carbocycles. The summed E-state index contributed by atoms with van der Waals surface area (Å²) in [5, 5.41) is 23.3. The maximum absolute atomic E-state index is 12.0. The van der Waals surface area contributed by atoms with Gasteiger partial charge in [0.2, 0.25) is 5.91 Å². The van der Waals surface area contributed by atoms with Crippen molar-refractivity contribution < 1.29 is 19.8 Å². The van der Waals surface area contributed by atoms with Crippen molar-refractivity contribution in [3.05, 3.63) is 16.3 Å². The van der Waals surface area contributed by atoms with Crippen molar-refractivity contribution in [1.82, 2.24) is 10.2 Å². The van der Waals surface area contributed by atoms with Crippen LogP contribution in [0.4, 0.5) is 10.5 Å². The molecule has 0 saturated carbocycles. The Kier molecular flexibility index (Phi) is 6.01. The van der Waals surface area contributed by atoms with Crippen LogP contribution in [0, 0.1) is 11.8 Å². The summed E-state index contributed by atoms with van der Waals surface area (Å²) in [5.74, 6) is 5.60.